The highest BCUT2D eigenvalue weighted by Crippen LogP contribution is 1.88. The molecule has 0 amide bonds. The zero-order valence-electron chi connectivity index (χ0n) is 8.13. The Morgan fingerprint density at radius 3 is 2.64 bits per heavy atom. The molecule has 0 saturated heterocycles. The maximum absolute atomic E-state index is 11.5. The van der Waals surface area contributed by atoms with E-state index in [0.29, 0.717) is 13.1 Å². The summed E-state index contributed by atoms with van der Waals surface area (Å²) >= 11 is 0. The van der Waals surface area contributed by atoms with Crippen molar-refractivity contribution in [3.63, 3.8) is 0 Å². The third kappa shape index (κ3) is 2.40. The molecule has 1 aromatic rings. The molecule has 0 aromatic carbocycles. The van der Waals surface area contributed by atoms with Gasteiger partial charge in [0.15, 0.2) is 0 Å². The lowest BCUT2D eigenvalue weighted by molar-refractivity contribution is 0.605. The molecule has 6 heteroatoms. The van der Waals surface area contributed by atoms with Gasteiger partial charge in [-0.05, 0) is 12.0 Å². The van der Waals surface area contributed by atoms with Crippen molar-refractivity contribution in [2.75, 3.05) is 6.54 Å². The molecule has 76 valence electrons. The molecule has 0 bridgehead atoms. The highest BCUT2D eigenvalue weighted by Gasteiger charge is 2.00. The van der Waals surface area contributed by atoms with Gasteiger partial charge in [-0.15, -0.1) is 0 Å². The number of aryl methyl sites for hydroxylation is 1. The predicted octanol–water partition coefficient (Wildman–Crippen LogP) is 1.37. The summed E-state index contributed by atoms with van der Waals surface area (Å²) in [5.41, 5.74) is 8.03. The molecule has 0 saturated carbocycles. The van der Waals surface area contributed by atoms with Gasteiger partial charge in [-0.25, -0.2) is 4.79 Å². The molecule has 0 atom stereocenters. The second-order valence-electron chi connectivity index (χ2n) is 2.92. The van der Waals surface area contributed by atoms with Crippen LogP contribution in [0.1, 0.15) is 13.3 Å². The maximum atomic E-state index is 11.5. The van der Waals surface area contributed by atoms with Gasteiger partial charge in [0.1, 0.15) is 0 Å². The highest BCUT2D eigenvalue weighted by atomic mass is 16.1. The van der Waals surface area contributed by atoms with Gasteiger partial charge in [-0.3, -0.25) is 9.13 Å². The Labute approximate surface area is 81.4 Å². The fraction of sp³-hybridized carbons (Fsp3) is 0.625. The number of hydrogen-bond donors (Lipinski definition) is 0. The zero-order chi connectivity index (χ0) is 10.4. The molecule has 0 aliphatic carbocycles. The molecule has 0 N–H and O–H groups in total. The molecule has 0 aliphatic heterocycles. The quantitative estimate of drug-likeness (QED) is 0.397. The Balaban J connectivity index is 2.69. The molecule has 1 rings (SSSR count). The van der Waals surface area contributed by atoms with Crippen LogP contribution in [0.5, 0.6) is 0 Å². The van der Waals surface area contributed by atoms with E-state index in [1.54, 1.807) is 21.5 Å². The second kappa shape index (κ2) is 5.14. The molecule has 0 spiro atoms. The van der Waals surface area contributed by atoms with E-state index in [2.05, 4.69) is 10.0 Å². The second-order valence-corrected chi connectivity index (χ2v) is 2.92. The Kier molecular flexibility index (Phi) is 3.82. The van der Waals surface area contributed by atoms with Crippen molar-refractivity contribution >= 4 is 0 Å². The topological polar surface area (TPSA) is 75.7 Å². The van der Waals surface area contributed by atoms with E-state index in [4.69, 9.17) is 5.53 Å². The summed E-state index contributed by atoms with van der Waals surface area (Å²) in [6.07, 6.45) is 4.40. The molecule has 6 nitrogen and oxygen atoms in total. The van der Waals surface area contributed by atoms with E-state index >= 15 is 0 Å². The van der Waals surface area contributed by atoms with Crippen LogP contribution in [0.25, 0.3) is 10.4 Å². The lowest BCUT2D eigenvalue weighted by Gasteiger charge is -1.97. The van der Waals surface area contributed by atoms with Crippen LogP contribution in [0.3, 0.4) is 0 Å². The average molecular weight is 195 g/mol. The molecule has 0 radical (unpaired) electrons. The Hall–Kier alpha value is -1.68. The minimum absolute atomic E-state index is 0.0417. The van der Waals surface area contributed by atoms with Gasteiger partial charge >= 0.3 is 5.69 Å². The fourth-order valence-electron chi connectivity index (χ4n) is 1.23. The number of hydrogen-bond acceptors (Lipinski definition) is 2. The largest absolute Gasteiger partial charge is 0.328 e. The smallest absolute Gasteiger partial charge is 0.299 e. The van der Waals surface area contributed by atoms with Crippen molar-refractivity contribution in [3.05, 3.63) is 33.3 Å². The third-order valence-electron chi connectivity index (χ3n) is 1.89. The molecular formula is C8H13N5O. The van der Waals surface area contributed by atoms with Gasteiger partial charge in [0.25, 0.3) is 0 Å². The minimum atomic E-state index is -0.0417. The van der Waals surface area contributed by atoms with Crippen molar-refractivity contribution in [3.8, 4) is 0 Å². The lowest BCUT2D eigenvalue weighted by Crippen LogP contribution is -2.24. The maximum Gasteiger partial charge on any atom is 0.328 e. The van der Waals surface area contributed by atoms with E-state index in [1.165, 1.54) is 0 Å². The minimum Gasteiger partial charge on any atom is -0.299 e. The molecule has 1 aromatic heterocycles. The number of imidazole rings is 1. The van der Waals surface area contributed by atoms with E-state index in [-0.39, 0.29) is 5.69 Å². The Bertz CT molecular complexity index is 385. The fourth-order valence-corrected chi connectivity index (χ4v) is 1.23. The number of nitrogens with zero attached hydrogens (tertiary/aromatic N) is 5. The Morgan fingerprint density at radius 2 is 2.07 bits per heavy atom. The summed E-state index contributed by atoms with van der Waals surface area (Å²) in [7, 11) is 0. The first-order valence-corrected chi connectivity index (χ1v) is 4.56. The summed E-state index contributed by atoms with van der Waals surface area (Å²) in [6.45, 7) is 3.50. The standard InChI is InChI=1S/C8H13N5O/c1-2-4-12-6-7-13(8(12)14)5-3-10-11-9/h6-7H,2-5H2,1H3. The van der Waals surface area contributed by atoms with Crippen LogP contribution >= 0.6 is 0 Å². The van der Waals surface area contributed by atoms with Gasteiger partial charge < -0.3 is 0 Å². The highest BCUT2D eigenvalue weighted by molar-refractivity contribution is 4.81. The zero-order valence-corrected chi connectivity index (χ0v) is 8.13. The van der Waals surface area contributed by atoms with Crippen molar-refractivity contribution < 1.29 is 0 Å². The van der Waals surface area contributed by atoms with Crippen molar-refractivity contribution in [1.29, 1.82) is 0 Å². The van der Waals surface area contributed by atoms with Crippen LogP contribution in [0.2, 0.25) is 0 Å². The summed E-state index contributed by atoms with van der Waals surface area (Å²) in [6, 6.07) is 0. The molecule has 1 heterocycles. The van der Waals surface area contributed by atoms with Gasteiger partial charge in [0, 0.05) is 36.9 Å². The predicted molar refractivity (Wildman–Crippen MR) is 53.0 cm³/mol. The average Bonchev–Trinajstić information content (AvgIpc) is 2.51. The third-order valence-corrected chi connectivity index (χ3v) is 1.89. The van der Waals surface area contributed by atoms with Gasteiger partial charge in [-0.1, -0.05) is 12.0 Å². The van der Waals surface area contributed by atoms with Crippen LogP contribution < -0.4 is 5.69 Å². The molecule has 0 aliphatic rings. The van der Waals surface area contributed by atoms with Crippen LogP contribution in [-0.2, 0) is 13.1 Å². The van der Waals surface area contributed by atoms with Crippen LogP contribution in [0, 0.1) is 0 Å². The van der Waals surface area contributed by atoms with E-state index in [9.17, 15) is 4.79 Å². The van der Waals surface area contributed by atoms with Crippen LogP contribution in [0.4, 0.5) is 0 Å². The first-order chi connectivity index (χ1) is 6.79. The van der Waals surface area contributed by atoms with Crippen molar-refractivity contribution in [2.24, 2.45) is 5.11 Å². The van der Waals surface area contributed by atoms with E-state index in [0.717, 1.165) is 13.0 Å². The molecule has 0 fully saturated rings. The molecule has 0 unspecified atom stereocenters. The van der Waals surface area contributed by atoms with Crippen LogP contribution in [-0.4, -0.2) is 15.7 Å². The summed E-state index contributed by atoms with van der Waals surface area (Å²) in [5, 5.41) is 3.38. The number of azide groups is 1. The monoisotopic (exact) mass is 195 g/mol. The van der Waals surface area contributed by atoms with Gasteiger partial charge in [0.2, 0.25) is 0 Å². The SMILES string of the molecule is CCCn1ccn(CCN=[N+]=[N-])c1=O. The molecule has 14 heavy (non-hydrogen) atoms. The summed E-state index contributed by atoms with van der Waals surface area (Å²) in [4.78, 5) is 14.2. The first kappa shape index (κ1) is 10.4. The normalized spacial score (nSPS) is 9.79. The molecular weight excluding hydrogens is 182 g/mol. The van der Waals surface area contributed by atoms with Crippen molar-refractivity contribution in [1.82, 2.24) is 9.13 Å². The van der Waals surface area contributed by atoms with E-state index in [1.807, 2.05) is 6.92 Å². The van der Waals surface area contributed by atoms with Gasteiger partial charge in [0.05, 0.1) is 0 Å². The lowest BCUT2D eigenvalue weighted by atomic mass is 10.5. The first-order valence-electron chi connectivity index (χ1n) is 4.56. The number of aromatic nitrogens is 2. The van der Waals surface area contributed by atoms with Crippen molar-refractivity contribution in [2.45, 2.75) is 26.4 Å². The summed E-state index contributed by atoms with van der Waals surface area (Å²) in [5.74, 6) is 0. The Morgan fingerprint density at radius 1 is 1.43 bits per heavy atom. The van der Waals surface area contributed by atoms with E-state index < -0.39 is 0 Å². The number of rotatable bonds is 5. The van der Waals surface area contributed by atoms with Gasteiger partial charge in [-0.2, -0.15) is 0 Å². The summed E-state index contributed by atoms with van der Waals surface area (Å²) < 4.78 is 3.19. The van der Waals surface area contributed by atoms with Crippen LogP contribution in [0.15, 0.2) is 22.3 Å².